The highest BCUT2D eigenvalue weighted by molar-refractivity contribution is 7.91. The van der Waals surface area contributed by atoms with Crippen molar-refractivity contribution in [3.8, 4) is 0 Å². The molecule has 0 radical (unpaired) electrons. The monoisotopic (exact) mass is 304 g/mol. The van der Waals surface area contributed by atoms with Crippen LogP contribution in [0.5, 0.6) is 0 Å². The zero-order valence-electron chi connectivity index (χ0n) is 10.6. The van der Waals surface area contributed by atoms with Crippen molar-refractivity contribution in [2.75, 3.05) is 24.7 Å². The van der Waals surface area contributed by atoms with Gasteiger partial charge in [-0.15, -0.1) is 12.4 Å². The Bertz CT molecular complexity index is 572. The predicted molar refractivity (Wildman–Crippen MR) is 76.6 cm³/mol. The molecule has 5 nitrogen and oxygen atoms in total. The lowest BCUT2D eigenvalue weighted by Crippen LogP contribution is -2.18. The van der Waals surface area contributed by atoms with Gasteiger partial charge in [-0.05, 0) is 31.2 Å². The Morgan fingerprint density at radius 2 is 2.11 bits per heavy atom. The lowest BCUT2D eigenvalue weighted by atomic mass is 10.1. The second kappa shape index (κ2) is 6.36. The lowest BCUT2D eigenvalue weighted by Gasteiger charge is -2.07. The van der Waals surface area contributed by atoms with Crippen LogP contribution in [0.2, 0.25) is 0 Å². The van der Waals surface area contributed by atoms with E-state index in [2.05, 4.69) is 10.6 Å². The number of nitrogens with one attached hydrogen (secondary N) is 2. The maximum Gasteiger partial charge on any atom is 0.225 e. The minimum Gasteiger partial charge on any atom is -0.326 e. The molecule has 0 saturated heterocycles. The van der Waals surface area contributed by atoms with Gasteiger partial charge in [0.15, 0.2) is 9.84 Å². The zero-order valence-corrected chi connectivity index (χ0v) is 12.2. The highest BCUT2D eigenvalue weighted by Crippen LogP contribution is 2.28. The maximum absolute atomic E-state index is 11.7. The van der Waals surface area contributed by atoms with E-state index in [1.54, 1.807) is 25.2 Å². The quantitative estimate of drug-likeness (QED) is 0.870. The first kappa shape index (κ1) is 15.9. The summed E-state index contributed by atoms with van der Waals surface area (Å²) in [5.41, 5.74) is 1.38. The number of amides is 1. The van der Waals surface area contributed by atoms with Crippen molar-refractivity contribution in [3.63, 3.8) is 0 Å². The highest BCUT2D eigenvalue weighted by Gasteiger charge is 2.26. The summed E-state index contributed by atoms with van der Waals surface area (Å²) in [5, 5.41) is 5.58. The van der Waals surface area contributed by atoms with E-state index in [1.807, 2.05) is 0 Å². The largest absolute Gasteiger partial charge is 0.326 e. The van der Waals surface area contributed by atoms with Crippen LogP contribution < -0.4 is 10.6 Å². The standard InChI is InChI=1S/C12H16N2O3S.ClH/c1-13-6-4-12(15)14-10-3-2-9-5-7-18(16,17)11(9)8-10;/h2-3,8,13H,4-7H2,1H3,(H,14,15);1H. The number of hydrogen-bond acceptors (Lipinski definition) is 4. The summed E-state index contributed by atoms with van der Waals surface area (Å²) in [7, 11) is -1.37. The van der Waals surface area contributed by atoms with E-state index >= 15 is 0 Å². The Morgan fingerprint density at radius 1 is 1.37 bits per heavy atom. The minimum atomic E-state index is -3.14. The third kappa shape index (κ3) is 3.68. The number of aryl methyl sites for hydroxylation is 1. The number of hydrogen-bond donors (Lipinski definition) is 2. The topological polar surface area (TPSA) is 75.3 Å². The molecule has 2 N–H and O–H groups in total. The molecule has 1 aromatic carbocycles. The van der Waals surface area contributed by atoms with Crippen LogP contribution in [-0.4, -0.2) is 33.7 Å². The van der Waals surface area contributed by atoms with Crippen molar-refractivity contribution < 1.29 is 13.2 Å². The summed E-state index contributed by atoms with van der Waals surface area (Å²) in [4.78, 5) is 11.9. The van der Waals surface area contributed by atoms with Gasteiger partial charge in [0.2, 0.25) is 5.91 Å². The first-order chi connectivity index (χ1) is 8.53. The van der Waals surface area contributed by atoms with Crippen LogP contribution >= 0.6 is 12.4 Å². The minimum absolute atomic E-state index is 0. The number of sulfone groups is 1. The molecule has 0 saturated carbocycles. The fourth-order valence-electron chi connectivity index (χ4n) is 1.94. The first-order valence-corrected chi connectivity index (χ1v) is 7.48. The maximum atomic E-state index is 11.7. The molecule has 0 unspecified atom stereocenters. The van der Waals surface area contributed by atoms with Gasteiger partial charge in [0.05, 0.1) is 10.6 Å². The number of carbonyl (C=O) groups excluding carboxylic acids is 1. The van der Waals surface area contributed by atoms with Gasteiger partial charge in [-0.2, -0.15) is 0 Å². The van der Waals surface area contributed by atoms with Gasteiger partial charge in [-0.1, -0.05) is 6.07 Å². The van der Waals surface area contributed by atoms with E-state index in [0.717, 1.165) is 5.56 Å². The Kier molecular flexibility index (Phi) is 5.34. The second-order valence-corrected chi connectivity index (χ2v) is 6.37. The van der Waals surface area contributed by atoms with Crippen molar-refractivity contribution in [2.45, 2.75) is 17.7 Å². The van der Waals surface area contributed by atoms with E-state index < -0.39 is 9.84 Å². The zero-order chi connectivity index (χ0) is 13.2. The van der Waals surface area contributed by atoms with E-state index in [-0.39, 0.29) is 24.1 Å². The van der Waals surface area contributed by atoms with Gasteiger partial charge in [0, 0.05) is 18.7 Å². The smallest absolute Gasteiger partial charge is 0.225 e. The molecule has 1 aliphatic rings. The molecular formula is C12H17ClN2O3S. The third-order valence-corrected chi connectivity index (χ3v) is 4.72. The number of anilines is 1. The van der Waals surface area contributed by atoms with Crippen LogP contribution in [-0.2, 0) is 21.1 Å². The van der Waals surface area contributed by atoms with Gasteiger partial charge in [0.25, 0.3) is 0 Å². The number of rotatable bonds is 4. The molecule has 0 aromatic heterocycles. The summed E-state index contributed by atoms with van der Waals surface area (Å²) in [6.45, 7) is 0.592. The first-order valence-electron chi connectivity index (χ1n) is 5.83. The third-order valence-electron chi connectivity index (χ3n) is 2.93. The SMILES string of the molecule is CNCCC(=O)Nc1ccc2c(c1)S(=O)(=O)CC2.Cl. The van der Waals surface area contributed by atoms with Gasteiger partial charge < -0.3 is 10.6 Å². The summed E-state index contributed by atoms with van der Waals surface area (Å²) in [6.07, 6.45) is 0.923. The average Bonchev–Trinajstić information content (AvgIpc) is 2.63. The molecule has 1 aliphatic heterocycles. The van der Waals surface area contributed by atoms with Crippen molar-refractivity contribution >= 4 is 33.8 Å². The molecule has 1 amide bonds. The molecule has 0 spiro atoms. The van der Waals surface area contributed by atoms with E-state index in [1.165, 1.54) is 0 Å². The molecule has 7 heteroatoms. The molecule has 0 atom stereocenters. The van der Waals surface area contributed by atoms with Crippen LogP contribution in [0.1, 0.15) is 12.0 Å². The molecule has 1 heterocycles. The van der Waals surface area contributed by atoms with Gasteiger partial charge in [-0.25, -0.2) is 8.42 Å². The highest BCUT2D eigenvalue weighted by atomic mass is 35.5. The van der Waals surface area contributed by atoms with Crippen LogP contribution in [0.4, 0.5) is 5.69 Å². The molecule has 0 aliphatic carbocycles. The van der Waals surface area contributed by atoms with Crippen molar-refractivity contribution in [2.24, 2.45) is 0 Å². The fraction of sp³-hybridized carbons (Fsp3) is 0.417. The molecule has 0 fully saturated rings. The normalized spacial score (nSPS) is 15.4. The molecule has 19 heavy (non-hydrogen) atoms. The summed E-state index contributed by atoms with van der Waals surface area (Å²) < 4.78 is 23.5. The van der Waals surface area contributed by atoms with Crippen molar-refractivity contribution in [1.29, 1.82) is 0 Å². The Balaban J connectivity index is 0.00000180. The molecule has 106 valence electrons. The average molecular weight is 305 g/mol. The van der Waals surface area contributed by atoms with E-state index in [0.29, 0.717) is 30.0 Å². The number of fused-ring (bicyclic) bond motifs is 1. The molecule has 1 aromatic rings. The summed E-state index contributed by atoms with van der Waals surface area (Å²) >= 11 is 0. The van der Waals surface area contributed by atoms with Crippen molar-refractivity contribution in [3.05, 3.63) is 23.8 Å². The lowest BCUT2D eigenvalue weighted by molar-refractivity contribution is -0.116. The van der Waals surface area contributed by atoms with Crippen LogP contribution in [0.3, 0.4) is 0 Å². The summed E-state index contributed by atoms with van der Waals surface area (Å²) in [6, 6.07) is 5.07. The Morgan fingerprint density at radius 3 is 2.79 bits per heavy atom. The summed E-state index contributed by atoms with van der Waals surface area (Å²) in [5.74, 6) is 0.0409. The van der Waals surface area contributed by atoms with Crippen LogP contribution in [0, 0.1) is 0 Å². The fourth-order valence-corrected chi connectivity index (χ4v) is 3.53. The Labute approximate surface area is 119 Å². The van der Waals surface area contributed by atoms with Crippen LogP contribution in [0.25, 0.3) is 0 Å². The number of benzene rings is 1. The Hall–Kier alpha value is -1.11. The second-order valence-electron chi connectivity index (χ2n) is 4.29. The number of halogens is 1. The van der Waals surface area contributed by atoms with E-state index in [4.69, 9.17) is 0 Å². The van der Waals surface area contributed by atoms with Crippen molar-refractivity contribution in [1.82, 2.24) is 5.32 Å². The molecule has 0 bridgehead atoms. The predicted octanol–water partition coefficient (Wildman–Crippen LogP) is 0.986. The van der Waals surface area contributed by atoms with Gasteiger partial charge in [0.1, 0.15) is 0 Å². The number of carbonyl (C=O) groups is 1. The van der Waals surface area contributed by atoms with Crippen LogP contribution in [0.15, 0.2) is 23.1 Å². The van der Waals surface area contributed by atoms with E-state index in [9.17, 15) is 13.2 Å². The molecular weight excluding hydrogens is 288 g/mol. The van der Waals surface area contributed by atoms with Gasteiger partial charge >= 0.3 is 0 Å². The van der Waals surface area contributed by atoms with Gasteiger partial charge in [-0.3, -0.25) is 4.79 Å². The molecule has 2 rings (SSSR count).